The van der Waals surface area contributed by atoms with Gasteiger partial charge in [0.2, 0.25) is 0 Å². The van der Waals surface area contributed by atoms with Crippen molar-refractivity contribution in [3.8, 4) is 0 Å². The first kappa shape index (κ1) is 20.1. The van der Waals surface area contributed by atoms with Gasteiger partial charge in [0.25, 0.3) is 0 Å². The third kappa shape index (κ3) is 4.14. The Morgan fingerprint density at radius 3 is 1.08 bits per heavy atom. The molecule has 0 spiro atoms. The molecule has 2 aromatic carbocycles. The first-order valence-electron chi connectivity index (χ1n) is 10.1. The summed E-state index contributed by atoms with van der Waals surface area (Å²) < 4.78 is 0. The summed E-state index contributed by atoms with van der Waals surface area (Å²) >= 11 is 2.05. The van der Waals surface area contributed by atoms with E-state index in [1.165, 1.54) is 32.0 Å². The lowest BCUT2D eigenvalue weighted by Crippen LogP contribution is -2.02. The van der Waals surface area contributed by atoms with Gasteiger partial charge in [-0.1, -0.05) is 77.6 Å². The maximum atomic E-state index is 2.36. The second-order valence-corrected chi connectivity index (χ2v) is 7.63. The van der Waals surface area contributed by atoms with Crippen LogP contribution in [0, 0.1) is 0 Å². The first-order valence-corrected chi connectivity index (χ1v) is 10.9. The average Bonchev–Trinajstić information content (AvgIpc) is 2.66. The molecule has 0 radical (unpaired) electrons. The molecule has 0 amide bonds. The van der Waals surface area contributed by atoms with Crippen LogP contribution in [0.2, 0.25) is 0 Å². The standard InChI is InChI=1S/C24H34S/c1-7-17-13-15-19(9-3)23(21(17)11-5)25-24-20(10-4)16-14-18(8-2)22(24)12-6/h13-16H,7-12H2,1-6H3. The highest BCUT2D eigenvalue weighted by atomic mass is 32.2. The molecule has 2 aromatic rings. The van der Waals surface area contributed by atoms with Crippen LogP contribution in [0.3, 0.4) is 0 Å². The highest BCUT2D eigenvalue weighted by Gasteiger charge is 2.17. The van der Waals surface area contributed by atoms with Gasteiger partial charge in [-0.05, 0) is 71.9 Å². The molecule has 0 saturated heterocycles. The first-order chi connectivity index (χ1) is 12.1. The van der Waals surface area contributed by atoms with E-state index in [-0.39, 0.29) is 0 Å². The third-order valence-corrected chi connectivity index (χ3v) is 6.74. The van der Waals surface area contributed by atoms with Crippen molar-refractivity contribution in [2.45, 2.75) is 89.9 Å². The second kappa shape index (κ2) is 9.48. The van der Waals surface area contributed by atoms with E-state index in [4.69, 9.17) is 0 Å². The molecule has 0 nitrogen and oxygen atoms in total. The highest BCUT2D eigenvalue weighted by Crippen LogP contribution is 2.40. The summed E-state index contributed by atoms with van der Waals surface area (Å²) in [5, 5.41) is 0. The van der Waals surface area contributed by atoms with Gasteiger partial charge in [0, 0.05) is 9.79 Å². The van der Waals surface area contributed by atoms with Gasteiger partial charge in [-0.15, -0.1) is 0 Å². The normalized spacial score (nSPS) is 11.1. The van der Waals surface area contributed by atoms with Gasteiger partial charge in [-0.25, -0.2) is 0 Å². The summed E-state index contributed by atoms with van der Waals surface area (Å²) in [5.74, 6) is 0. The molecule has 0 aliphatic heterocycles. The monoisotopic (exact) mass is 354 g/mol. The molecule has 0 aromatic heterocycles. The fourth-order valence-electron chi connectivity index (χ4n) is 3.79. The number of aryl methyl sites for hydroxylation is 4. The fraction of sp³-hybridized carbons (Fsp3) is 0.500. The van der Waals surface area contributed by atoms with Crippen molar-refractivity contribution in [3.05, 3.63) is 57.6 Å². The van der Waals surface area contributed by atoms with Gasteiger partial charge in [0.05, 0.1) is 0 Å². The Bertz CT molecular complexity index is 651. The Hall–Kier alpha value is -1.21. The van der Waals surface area contributed by atoms with E-state index in [0.717, 1.165) is 38.5 Å². The molecule has 0 bridgehead atoms. The van der Waals surface area contributed by atoms with Crippen LogP contribution in [0.5, 0.6) is 0 Å². The third-order valence-electron chi connectivity index (χ3n) is 5.31. The van der Waals surface area contributed by atoms with Gasteiger partial charge in [-0.2, -0.15) is 0 Å². The quantitative estimate of drug-likeness (QED) is 0.482. The molecule has 0 N–H and O–H groups in total. The number of benzene rings is 2. The minimum Gasteiger partial charge on any atom is -0.0889 e. The molecule has 25 heavy (non-hydrogen) atoms. The van der Waals surface area contributed by atoms with Crippen LogP contribution in [0.1, 0.15) is 74.9 Å². The molecule has 0 unspecified atom stereocenters. The lowest BCUT2D eigenvalue weighted by atomic mass is 9.98. The van der Waals surface area contributed by atoms with E-state index in [2.05, 4.69) is 77.6 Å². The Labute approximate surface area is 159 Å². The summed E-state index contributed by atoms with van der Waals surface area (Å²) in [6.45, 7) is 13.7. The largest absolute Gasteiger partial charge is 0.0889 e. The summed E-state index contributed by atoms with van der Waals surface area (Å²) in [6.07, 6.45) is 6.70. The van der Waals surface area contributed by atoms with Gasteiger partial charge in [-0.3, -0.25) is 0 Å². The highest BCUT2D eigenvalue weighted by molar-refractivity contribution is 7.99. The van der Waals surface area contributed by atoms with Gasteiger partial charge in [0.1, 0.15) is 0 Å². The zero-order valence-corrected chi connectivity index (χ0v) is 17.8. The number of rotatable bonds is 8. The number of hydrogen-bond donors (Lipinski definition) is 0. The van der Waals surface area contributed by atoms with E-state index in [0.29, 0.717) is 0 Å². The Morgan fingerprint density at radius 2 is 0.800 bits per heavy atom. The van der Waals surface area contributed by atoms with Crippen molar-refractivity contribution >= 4 is 11.8 Å². The van der Waals surface area contributed by atoms with E-state index >= 15 is 0 Å². The molecule has 0 aliphatic carbocycles. The fourth-order valence-corrected chi connectivity index (χ4v) is 5.47. The van der Waals surface area contributed by atoms with Crippen LogP contribution in [0.25, 0.3) is 0 Å². The predicted octanol–water partition coefficient (Wildman–Crippen LogP) is 7.21. The van der Waals surface area contributed by atoms with E-state index in [1.807, 2.05) is 0 Å². The van der Waals surface area contributed by atoms with Crippen molar-refractivity contribution in [3.63, 3.8) is 0 Å². The maximum absolute atomic E-state index is 2.36. The van der Waals surface area contributed by atoms with Crippen molar-refractivity contribution in [2.75, 3.05) is 0 Å². The summed E-state index contributed by atoms with van der Waals surface area (Å²) in [4.78, 5) is 3.06. The van der Waals surface area contributed by atoms with E-state index in [9.17, 15) is 0 Å². The van der Waals surface area contributed by atoms with Crippen molar-refractivity contribution in [2.24, 2.45) is 0 Å². The summed E-state index contributed by atoms with van der Waals surface area (Å²) in [6, 6.07) is 9.43. The maximum Gasteiger partial charge on any atom is 0.0189 e. The van der Waals surface area contributed by atoms with Crippen LogP contribution in [-0.2, 0) is 38.5 Å². The smallest absolute Gasteiger partial charge is 0.0189 e. The molecule has 0 heterocycles. The van der Waals surface area contributed by atoms with Gasteiger partial charge in [0.15, 0.2) is 0 Å². The Balaban J connectivity index is 2.67. The lowest BCUT2D eigenvalue weighted by Gasteiger charge is -2.21. The van der Waals surface area contributed by atoms with Gasteiger partial charge >= 0.3 is 0 Å². The molecule has 0 aliphatic rings. The van der Waals surface area contributed by atoms with Crippen LogP contribution < -0.4 is 0 Å². The van der Waals surface area contributed by atoms with Gasteiger partial charge < -0.3 is 0 Å². The van der Waals surface area contributed by atoms with Crippen LogP contribution in [0.15, 0.2) is 34.1 Å². The average molecular weight is 355 g/mol. The zero-order valence-electron chi connectivity index (χ0n) is 17.0. The summed E-state index contributed by atoms with van der Waals surface area (Å²) in [5.41, 5.74) is 9.18. The molecule has 1 heteroatoms. The van der Waals surface area contributed by atoms with Crippen LogP contribution in [0.4, 0.5) is 0 Å². The van der Waals surface area contributed by atoms with Crippen molar-refractivity contribution < 1.29 is 0 Å². The van der Waals surface area contributed by atoms with E-state index in [1.54, 1.807) is 11.1 Å². The topological polar surface area (TPSA) is 0 Å². The molecule has 2 rings (SSSR count). The molecular formula is C24H34S. The minimum absolute atomic E-state index is 1.11. The molecule has 0 saturated carbocycles. The zero-order chi connectivity index (χ0) is 18.4. The van der Waals surface area contributed by atoms with E-state index < -0.39 is 0 Å². The molecule has 0 atom stereocenters. The van der Waals surface area contributed by atoms with Crippen molar-refractivity contribution in [1.29, 1.82) is 0 Å². The molecule has 0 fully saturated rings. The predicted molar refractivity (Wildman–Crippen MR) is 113 cm³/mol. The SMILES string of the molecule is CCc1ccc(CC)c(Sc2c(CC)ccc(CC)c2CC)c1CC. The van der Waals surface area contributed by atoms with Crippen LogP contribution >= 0.6 is 11.8 Å². The van der Waals surface area contributed by atoms with Crippen molar-refractivity contribution in [1.82, 2.24) is 0 Å². The molecular weight excluding hydrogens is 320 g/mol. The number of hydrogen-bond acceptors (Lipinski definition) is 1. The Kier molecular flexibility index (Phi) is 7.62. The lowest BCUT2D eigenvalue weighted by molar-refractivity contribution is 0.941. The van der Waals surface area contributed by atoms with Crippen LogP contribution in [-0.4, -0.2) is 0 Å². The summed E-state index contributed by atoms with van der Waals surface area (Å²) in [7, 11) is 0. The molecule has 136 valence electrons. The minimum atomic E-state index is 1.11. The second-order valence-electron chi connectivity index (χ2n) is 6.61. The Morgan fingerprint density at radius 1 is 0.480 bits per heavy atom.